The molecule has 3 aromatic rings. The first-order chi connectivity index (χ1) is 17.5. The Hall–Kier alpha value is -2.30. The number of nitrogens with zero attached hydrogens (tertiary/aromatic N) is 2. The number of hydrogen-bond donors (Lipinski definition) is 2. The van der Waals surface area contributed by atoms with Crippen LogP contribution < -0.4 is 5.32 Å². The largest absolute Gasteiger partial charge is 0.387 e. The topological polar surface area (TPSA) is 57.5 Å². The minimum absolute atomic E-state index is 0.168. The lowest BCUT2D eigenvalue weighted by atomic mass is 9.83. The van der Waals surface area contributed by atoms with Crippen molar-refractivity contribution in [3.8, 4) is 11.1 Å². The number of carbonyl (C=O) groups is 1. The third kappa shape index (κ3) is 7.85. The van der Waals surface area contributed by atoms with Crippen LogP contribution in [0, 0.1) is 17.0 Å². The van der Waals surface area contributed by atoms with Crippen LogP contribution >= 0.6 is 22.6 Å². The second kappa shape index (κ2) is 13.0. The Bertz CT molecular complexity index is 1180. The number of nitrogens with one attached hydrogen (secondary N) is 1. The van der Waals surface area contributed by atoms with Crippen LogP contribution in [-0.2, 0) is 11.3 Å². The molecule has 0 aliphatic rings. The molecule has 1 heterocycles. The van der Waals surface area contributed by atoms with E-state index in [9.17, 15) is 18.7 Å². The van der Waals surface area contributed by atoms with E-state index in [1.54, 1.807) is 4.90 Å². The first-order valence-corrected chi connectivity index (χ1v) is 13.7. The smallest absolute Gasteiger partial charge is 0.248 e. The van der Waals surface area contributed by atoms with Gasteiger partial charge in [0.05, 0.1) is 10.1 Å². The predicted molar refractivity (Wildman–Crippen MR) is 152 cm³/mol. The summed E-state index contributed by atoms with van der Waals surface area (Å²) in [7, 11) is 0. The van der Waals surface area contributed by atoms with Crippen LogP contribution in [0.4, 0.5) is 8.78 Å². The van der Waals surface area contributed by atoms with Gasteiger partial charge in [-0.1, -0.05) is 73.7 Å². The Balaban J connectivity index is 2.13. The fraction of sp³-hybridized carbons (Fsp3) is 0.414. The Morgan fingerprint density at radius 3 is 2.46 bits per heavy atom. The minimum atomic E-state index is -0.604. The second-order valence-electron chi connectivity index (χ2n) is 10.3. The molecule has 0 aliphatic heterocycles. The Kier molecular flexibility index (Phi) is 10.3. The lowest BCUT2D eigenvalue weighted by molar-refractivity contribution is -0.139. The lowest BCUT2D eigenvalue weighted by Crippen LogP contribution is -2.44. The van der Waals surface area contributed by atoms with Crippen molar-refractivity contribution < 1.29 is 18.7 Å². The molecule has 3 rings (SSSR count). The van der Waals surface area contributed by atoms with Gasteiger partial charge in [-0.3, -0.25) is 4.79 Å². The Morgan fingerprint density at radius 1 is 1.14 bits per heavy atom. The fourth-order valence-electron chi connectivity index (χ4n) is 4.65. The fourth-order valence-corrected chi connectivity index (χ4v) is 4.96. The summed E-state index contributed by atoms with van der Waals surface area (Å²) >= 11 is 2.29. The van der Waals surface area contributed by atoms with Crippen molar-refractivity contribution in [1.29, 1.82) is 0 Å². The molecule has 37 heavy (non-hydrogen) atoms. The van der Waals surface area contributed by atoms with Crippen molar-refractivity contribution in [3.63, 3.8) is 0 Å². The number of carbonyl (C=O) groups excluding carboxylic acids is 1. The van der Waals surface area contributed by atoms with Gasteiger partial charge in [0.2, 0.25) is 5.91 Å². The lowest BCUT2D eigenvalue weighted by Gasteiger charge is -2.41. The van der Waals surface area contributed by atoms with E-state index in [2.05, 4.69) is 34.8 Å². The highest BCUT2D eigenvalue weighted by molar-refractivity contribution is 14.1. The second-order valence-corrected chi connectivity index (χ2v) is 12.2. The molecule has 1 amide bonds. The number of aliphatic hydroxyl groups excluding tert-OH is 1. The van der Waals surface area contributed by atoms with Gasteiger partial charge in [-0.25, -0.2) is 8.78 Å². The summed E-state index contributed by atoms with van der Waals surface area (Å²) in [6.45, 7) is 9.24. The molecule has 8 heteroatoms. The van der Waals surface area contributed by atoms with Gasteiger partial charge in [-0.05, 0) is 55.1 Å². The highest BCUT2D eigenvalue weighted by atomic mass is 127. The van der Waals surface area contributed by atoms with Crippen molar-refractivity contribution in [1.82, 2.24) is 14.8 Å². The van der Waals surface area contributed by atoms with Gasteiger partial charge < -0.3 is 19.9 Å². The zero-order valence-electron chi connectivity index (χ0n) is 21.8. The summed E-state index contributed by atoms with van der Waals surface area (Å²) in [6, 6.07) is 14.7. The van der Waals surface area contributed by atoms with Crippen LogP contribution in [0.5, 0.6) is 0 Å². The minimum Gasteiger partial charge on any atom is -0.387 e. The number of rotatable bonds is 11. The van der Waals surface area contributed by atoms with Crippen molar-refractivity contribution in [3.05, 3.63) is 83.7 Å². The van der Waals surface area contributed by atoms with Gasteiger partial charge in [0.25, 0.3) is 0 Å². The van der Waals surface area contributed by atoms with Gasteiger partial charge >= 0.3 is 0 Å². The third-order valence-corrected chi connectivity index (χ3v) is 6.67. The molecule has 0 radical (unpaired) electrons. The maximum Gasteiger partial charge on any atom is 0.248 e. The maximum atomic E-state index is 14.8. The summed E-state index contributed by atoms with van der Waals surface area (Å²) in [5.74, 6) is -1.40. The summed E-state index contributed by atoms with van der Waals surface area (Å²) in [5, 5.41) is 13.2. The van der Waals surface area contributed by atoms with Crippen molar-refractivity contribution in [2.24, 2.45) is 5.41 Å². The number of alkyl halides is 1. The van der Waals surface area contributed by atoms with Crippen molar-refractivity contribution >= 4 is 28.5 Å². The van der Waals surface area contributed by atoms with Crippen LogP contribution in [0.1, 0.15) is 51.4 Å². The van der Waals surface area contributed by atoms with Gasteiger partial charge in [0.1, 0.15) is 18.2 Å². The Morgan fingerprint density at radius 2 is 1.84 bits per heavy atom. The number of hydrogen-bond acceptors (Lipinski definition) is 3. The standard InChI is InChI=1S/C29H36F2IN3O2/c1-20(32)33-13-8-14-35(27(37)19-36)28(29(2,3)4)26-15-22(24-16-23(30)11-12-25(24)31)18-34(26)17-21-9-6-5-7-10-21/h5-7,9-12,15-16,18,20,28,33,36H,8,13-14,17,19H2,1-4H3/t20?,28-/m0/s1. The van der Waals surface area contributed by atoms with E-state index in [1.165, 1.54) is 6.07 Å². The monoisotopic (exact) mass is 623 g/mol. The molecular weight excluding hydrogens is 587 g/mol. The summed E-state index contributed by atoms with van der Waals surface area (Å²) in [4.78, 5) is 14.8. The van der Waals surface area contributed by atoms with Crippen LogP contribution in [0.15, 0.2) is 60.8 Å². The predicted octanol–water partition coefficient (Wildman–Crippen LogP) is 6.15. The molecule has 0 bridgehead atoms. The third-order valence-electron chi connectivity index (χ3n) is 6.23. The van der Waals surface area contributed by atoms with Gasteiger partial charge in [0.15, 0.2) is 0 Å². The van der Waals surface area contributed by atoms with Crippen LogP contribution in [0.2, 0.25) is 0 Å². The zero-order valence-corrected chi connectivity index (χ0v) is 24.0. The summed E-state index contributed by atoms with van der Waals surface area (Å²) in [5.41, 5.74) is 2.12. The van der Waals surface area contributed by atoms with Gasteiger partial charge in [-0.2, -0.15) is 0 Å². The van der Waals surface area contributed by atoms with Gasteiger partial charge in [0, 0.05) is 36.1 Å². The molecular formula is C29H36F2IN3O2. The normalized spacial score (nSPS) is 13.4. The molecule has 1 unspecified atom stereocenters. The number of benzene rings is 2. The van der Waals surface area contributed by atoms with Crippen LogP contribution in [-0.4, -0.2) is 44.2 Å². The zero-order chi connectivity index (χ0) is 27.2. The quantitative estimate of drug-likeness (QED) is 0.117. The number of aliphatic hydroxyl groups is 1. The number of aromatic nitrogens is 1. The number of amides is 1. The highest BCUT2D eigenvalue weighted by Gasteiger charge is 2.36. The average molecular weight is 624 g/mol. The molecule has 1 aromatic heterocycles. The van der Waals surface area contributed by atoms with Crippen molar-refractivity contribution in [2.75, 3.05) is 19.7 Å². The first-order valence-electron chi connectivity index (χ1n) is 12.5. The van der Waals surface area contributed by atoms with E-state index >= 15 is 0 Å². The summed E-state index contributed by atoms with van der Waals surface area (Å²) in [6.07, 6.45) is 2.52. The first kappa shape index (κ1) is 29.3. The molecule has 0 fully saturated rings. The number of halogens is 3. The van der Waals surface area contributed by atoms with E-state index in [0.717, 1.165) is 29.9 Å². The average Bonchev–Trinajstić information content (AvgIpc) is 3.24. The molecule has 0 aliphatic carbocycles. The summed E-state index contributed by atoms with van der Waals surface area (Å²) < 4.78 is 31.2. The highest BCUT2D eigenvalue weighted by Crippen LogP contribution is 2.41. The van der Waals surface area contributed by atoms with E-state index in [-0.39, 0.29) is 11.5 Å². The molecule has 2 aromatic carbocycles. The molecule has 5 nitrogen and oxygen atoms in total. The van der Waals surface area contributed by atoms with Gasteiger partial charge in [-0.15, -0.1) is 0 Å². The van der Waals surface area contributed by atoms with Crippen LogP contribution in [0.3, 0.4) is 0 Å². The SMILES string of the molecule is CC(I)NCCCN(C(=O)CO)[C@@H](c1cc(-c2cc(F)ccc2F)cn1Cc1ccccc1)C(C)(C)C. The van der Waals surface area contributed by atoms with E-state index in [1.807, 2.05) is 67.9 Å². The molecule has 0 saturated heterocycles. The molecule has 0 spiro atoms. The maximum absolute atomic E-state index is 14.8. The molecule has 2 N–H and O–H groups in total. The van der Waals surface area contributed by atoms with E-state index in [0.29, 0.717) is 29.1 Å². The van der Waals surface area contributed by atoms with Crippen molar-refractivity contribution in [2.45, 2.75) is 50.8 Å². The van der Waals surface area contributed by atoms with Crippen LogP contribution in [0.25, 0.3) is 11.1 Å². The molecule has 200 valence electrons. The Labute approximate surface area is 232 Å². The molecule has 0 saturated carbocycles. The van der Waals surface area contributed by atoms with E-state index in [4.69, 9.17) is 0 Å². The molecule has 2 atom stereocenters. The van der Waals surface area contributed by atoms with E-state index < -0.39 is 29.7 Å².